The van der Waals surface area contributed by atoms with Crippen molar-refractivity contribution in [3.8, 4) is 5.75 Å². The summed E-state index contributed by atoms with van der Waals surface area (Å²) >= 11 is 9.25. The topological polar surface area (TPSA) is 55.4 Å². The summed E-state index contributed by atoms with van der Waals surface area (Å²) in [4.78, 5) is 23.1. The van der Waals surface area contributed by atoms with Crippen LogP contribution < -0.4 is 10.1 Å². The number of carbonyl (C=O) groups is 2. The molecular weight excluding hydrogens is 358 g/mol. The first-order chi connectivity index (χ1) is 9.95. The lowest BCUT2D eigenvalue weighted by molar-refractivity contribution is -0.114. The van der Waals surface area contributed by atoms with Crippen LogP contribution in [0.15, 0.2) is 46.9 Å². The van der Waals surface area contributed by atoms with Crippen LogP contribution in [0.2, 0.25) is 5.02 Å². The highest BCUT2D eigenvalue weighted by atomic mass is 79.9. The summed E-state index contributed by atoms with van der Waals surface area (Å²) in [5, 5.41) is 2.92. The Hall–Kier alpha value is -1.85. The van der Waals surface area contributed by atoms with Crippen LogP contribution in [0.3, 0.4) is 0 Å². The Bertz CT molecular complexity index is 703. The summed E-state index contributed by atoms with van der Waals surface area (Å²) in [7, 11) is 0. The molecule has 0 radical (unpaired) electrons. The maximum atomic E-state index is 12.1. The molecule has 108 valence electrons. The van der Waals surface area contributed by atoms with Gasteiger partial charge >= 0.3 is 5.97 Å². The van der Waals surface area contributed by atoms with E-state index >= 15 is 0 Å². The van der Waals surface area contributed by atoms with E-state index in [0.29, 0.717) is 16.5 Å². The van der Waals surface area contributed by atoms with Crippen LogP contribution in [0.25, 0.3) is 0 Å². The number of amides is 1. The summed E-state index contributed by atoms with van der Waals surface area (Å²) < 4.78 is 5.99. The molecule has 1 N–H and O–H groups in total. The van der Waals surface area contributed by atoms with Crippen molar-refractivity contribution < 1.29 is 14.3 Å². The second-order valence-corrected chi connectivity index (χ2v) is 5.55. The second-order valence-electron chi connectivity index (χ2n) is 4.22. The Balaban J connectivity index is 2.19. The Morgan fingerprint density at radius 3 is 2.67 bits per heavy atom. The smallest absolute Gasteiger partial charge is 0.345 e. The fraction of sp³-hybridized carbons (Fsp3) is 0.0667. The maximum Gasteiger partial charge on any atom is 0.345 e. The van der Waals surface area contributed by atoms with E-state index in [-0.39, 0.29) is 11.5 Å². The van der Waals surface area contributed by atoms with Gasteiger partial charge < -0.3 is 10.1 Å². The van der Waals surface area contributed by atoms with Gasteiger partial charge in [0, 0.05) is 23.2 Å². The van der Waals surface area contributed by atoms with Gasteiger partial charge in [0.2, 0.25) is 5.91 Å². The molecule has 4 nitrogen and oxygen atoms in total. The average Bonchev–Trinajstić information content (AvgIpc) is 2.41. The van der Waals surface area contributed by atoms with E-state index in [9.17, 15) is 9.59 Å². The van der Waals surface area contributed by atoms with Gasteiger partial charge in [-0.15, -0.1) is 0 Å². The third kappa shape index (κ3) is 4.31. The van der Waals surface area contributed by atoms with E-state index in [1.807, 2.05) is 0 Å². The van der Waals surface area contributed by atoms with E-state index in [1.165, 1.54) is 6.92 Å². The van der Waals surface area contributed by atoms with E-state index in [2.05, 4.69) is 21.2 Å². The molecule has 0 atom stereocenters. The summed E-state index contributed by atoms with van der Waals surface area (Å²) in [5.74, 6) is -0.447. The monoisotopic (exact) mass is 367 g/mol. The highest BCUT2D eigenvalue weighted by Gasteiger charge is 2.13. The van der Waals surface area contributed by atoms with Gasteiger partial charge in [-0.05, 0) is 30.3 Å². The SMILES string of the molecule is CC(=O)Nc1cccc(OC(=O)c2cc(Br)ccc2Cl)c1. The lowest BCUT2D eigenvalue weighted by Gasteiger charge is -2.08. The molecule has 0 spiro atoms. The molecule has 0 saturated carbocycles. The quantitative estimate of drug-likeness (QED) is 0.650. The predicted molar refractivity (Wildman–Crippen MR) is 84.9 cm³/mol. The molecule has 0 bridgehead atoms. The second kappa shape index (κ2) is 6.74. The van der Waals surface area contributed by atoms with E-state index in [0.717, 1.165) is 4.47 Å². The number of benzene rings is 2. The molecular formula is C15H11BrClNO3. The van der Waals surface area contributed by atoms with Crippen LogP contribution in [-0.2, 0) is 4.79 Å². The molecule has 0 aromatic heterocycles. The van der Waals surface area contributed by atoms with E-state index in [1.54, 1.807) is 42.5 Å². The molecule has 2 aromatic carbocycles. The van der Waals surface area contributed by atoms with Crippen LogP contribution >= 0.6 is 27.5 Å². The lowest BCUT2D eigenvalue weighted by Crippen LogP contribution is -2.10. The number of hydrogen-bond acceptors (Lipinski definition) is 3. The molecule has 1 amide bonds. The lowest BCUT2D eigenvalue weighted by atomic mass is 10.2. The zero-order valence-electron chi connectivity index (χ0n) is 11.0. The van der Waals surface area contributed by atoms with Gasteiger partial charge in [-0.2, -0.15) is 0 Å². The number of hydrogen-bond donors (Lipinski definition) is 1. The zero-order valence-corrected chi connectivity index (χ0v) is 13.4. The molecule has 2 aromatic rings. The van der Waals surface area contributed by atoms with Crippen molar-refractivity contribution in [2.24, 2.45) is 0 Å². The standard InChI is InChI=1S/C15H11BrClNO3/c1-9(19)18-11-3-2-4-12(8-11)21-15(20)13-7-10(16)5-6-14(13)17/h2-8H,1H3,(H,18,19). The highest BCUT2D eigenvalue weighted by molar-refractivity contribution is 9.10. The number of rotatable bonds is 3. The minimum Gasteiger partial charge on any atom is -0.423 e. The maximum absolute atomic E-state index is 12.1. The van der Waals surface area contributed by atoms with Gasteiger partial charge in [-0.25, -0.2) is 4.79 Å². The number of carbonyl (C=O) groups excluding carboxylic acids is 2. The third-order valence-electron chi connectivity index (χ3n) is 2.51. The van der Waals surface area contributed by atoms with Gasteiger partial charge in [0.05, 0.1) is 10.6 Å². The van der Waals surface area contributed by atoms with Gasteiger partial charge in [0.15, 0.2) is 0 Å². The first kappa shape index (κ1) is 15.5. The van der Waals surface area contributed by atoms with Crippen molar-refractivity contribution >= 4 is 45.1 Å². The molecule has 0 saturated heterocycles. The predicted octanol–water partition coefficient (Wildman–Crippen LogP) is 4.28. The molecule has 0 aliphatic carbocycles. The Kier molecular flexibility index (Phi) is 4.98. The number of ether oxygens (including phenoxy) is 1. The summed E-state index contributed by atoms with van der Waals surface area (Å²) in [6.45, 7) is 1.40. The van der Waals surface area contributed by atoms with Crippen LogP contribution in [-0.4, -0.2) is 11.9 Å². The summed E-state index contributed by atoms with van der Waals surface area (Å²) in [6.07, 6.45) is 0. The fourth-order valence-corrected chi connectivity index (χ4v) is 2.21. The minimum absolute atomic E-state index is 0.200. The van der Waals surface area contributed by atoms with Gasteiger partial charge in [-0.1, -0.05) is 33.6 Å². The number of anilines is 1. The minimum atomic E-state index is -0.568. The van der Waals surface area contributed by atoms with E-state index in [4.69, 9.17) is 16.3 Å². The van der Waals surface area contributed by atoms with Gasteiger partial charge in [-0.3, -0.25) is 4.79 Å². The summed E-state index contributed by atoms with van der Waals surface area (Å²) in [5.41, 5.74) is 0.809. The Labute approximate surface area is 135 Å². The number of halogens is 2. The first-order valence-corrected chi connectivity index (χ1v) is 7.17. The number of nitrogens with one attached hydrogen (secondary N) is 1. The van der Waals surface area contributed by atoms with Crippen molar-refractivity contribution in [2.75, 3.05) is 5.32 Å². The Morgan fingerprint density at radius 1 is 1.19 bits per heavy atom. The molecule has 21 heavy (non-hydrogen) atoms. The van der Waals surface area contributed by atoms with Gasteiger partial charge in [0.1, 0.15) is 5.75 Å². The largest absolute Gasteiger partial charge is 0.423 e. The average molecular weight is 369 g/mol. The van der Waals surface area contributed by atoms with Crippen molar-refractivity contribution in [3.63, 3.8) is 0 Å². The van der Waals surface area contributed by atoms with Crippen LogP contribution in [0.5, 0.6) is 5.75 Å². The van der Waals surface area contributed by atoms with Crippen molar-refractivity contribution in [1.29, 1.82) is 0 Å². The molecule has 6 heteroatoms. The third-order valence-corrected chi connectivity index (χ3v) is 3.34. The fourth-order valence-electron chi connectivity index (χ4n) is 1.66. The highest BCUT2D eigenvalue weighted by Crippen LogP contribution is 2.24. The van der Waals surface area contributed by atoms with Crippen molar-refractivity contribution in [1.82, 2.24) is 0 Å². The molecule has 2 rings (SSSR count). The molecule has 0 heterocycles. The molecule has 0 fully saturated rings. The first-order valence-electron chi connectivity index (χ1n) is 6.00. The van der Waals surface area contributed by atoms with Crippen LogP contribution in [0, 0.1) is 0 Å². The normalized spacial score (nSPS) is 10.0. The van der Waals surface area contributed by atoms with Crippen LogP contribution in [0.4, 0.5) is 5.69 Å². The molecule has 0 aliphatic rings. The van der Waals surface area contributed by atoms with Crippen molar-refractivity contribution in [3.05, 3.63) is 57.5 Å². The van der Waals surface area contributed by atoms with E-state index < -0.39 is 5.97 Å². The van der Waals surface area contributed by atoms with Crippen molar-refractivity contribution in [2.45, 2.75) is 6.92 Å². The Morgan fingerprint density at radius 2 is 1.95 bits per heavy atom. The molecule has 0 aliphatic heterocycles. The van der Waals surface area contributed by atoms with Gasteiger partial charge in [0.25, 0.3) is 0 Å². The summed E-state index contributed by atoms with van der Waals surface area (Å²) in [6, 6.07) is 11.5. The molecule has 0 unspecified atom stereocenters. The zero-order chi connectivity index (χ0) is 15.4. The number of esters is 1. The van der Waals surface area contributed by atoms with Crippen LogP contribution in [0.1, 0.15) is 17.3 Å².